The molecule has 0 amide bonds. The van der Waals surface area contributed by atoms with Gasteiger partial charge in [0.1, 0.15) is 0 Å². The Kier molecular flexibility index (Phi) is 10.4. The van der Waals surface area contributed by atoms with Crippen LogP contribution in [0.1, 0.15) is 115 Å². The maximum atomic E-state index is 6.74. The first-order chi connectivity index (χ1) is 23.0. The van der Waals surface area contributed by atoms with Gasteiger partial charge in [-0.05, 0) is 65.2 Å². The van der Waals surface area contributed by atoms with Gasteiger partial charge in [0.2, 0.25) is 0 Å². The Morgan fingerprint density at radius 2 is 1.42 bits per heavy atom. The number of benzene rings is 2. The van der Waals surface area contributed by atoms with Gasteiger partial charge < -0.3 is 14.1 Å². The van der Waals surface area contributed by atoms with Gasteiger partial charge in [-0.3, -0.25) is 4.68 Å². The van der Waals surface area contributed by atoms with Gasteiger partial charge in [-0.25, -0.2) is 4.98 Å². The predicted octanol–water partition coefficient (Wildman–Crippen LogP) is 11.1. The summed E-state index contributed by atoms with van der Waals surface area (Å²) in [5, 5.41) is 5.00. The molecule has 0 spiro atoms. The minimum Gasteiger partial charge on any atom is -0.509 e. The van der Waals surface area contributed by atoms with Crippen molar-refractivity contribution in [2.24, 2.45) is 0 Å². The molecule has 2 aromatic carbocycles. The number of nitrogens with zero attached hydrogens (tertiary/aromatic N) is 5. The molecule has 0 atom stereocenters. The number of aryl methyl sites for hydroxylation is 1. The van der Waals surface area contributed by atoms with E-state index in [-0.39, 0.29) is 43.7 Å². The van der Waals surface area contributed by atoms with Crippen LogP contribution in [-0.2, 0) is 31.9 Å². The number of hydrogen-bond acceptors (Lipinski definition) is 4. The molecule has 0 N–H and O–H groups in total. The maximum Gasteiger partial charge on any atom is 2.00 e. The third-order valence-electron chi connectivity index (χ3n) is 9.15. The summed E-state index contributed by atoms with van der Waals surface area (Å²) < 4.78 is 11.0. The first-order valence-electron chi connectivity index (χ1n) is 17.4. The van der Waals surface area contributed by atoms with E-state index in [0.717, 1.165) is 56.5 Å². The molecule has 7 heteroatoms. The minimum absolute atomic E-state index is 0. The van der Waals surface area contributed by atoms with Crippen molar-refractivity contribution >= 4 is 5.65 Å². The minimum atomic E-state index is -0.141. The van der Waals surface area contributed by atoms with Gasteiger partial charge in [-0.2, -0.15) is 5.10 Å². The van der Waals surface area contributed by atoms with E-state index in [0.29, 0.717) is 11.5 Å². The molecule has 4 heterocycles. The molecule has 6 rings (SSSR count). The van der Waals surface area contributed by atoms with Crippen LogP contribution in [-0.4, -0.2) is 24.1 Å². The summed E-state index contributed by atoms with van der Waals surface area (Å²) in [6.07, 6.45) is 1.89. The molecule has 0 fully saturated rings. The van der Waals surface area contributed by atoms with Crippen LogP contribution < -0.4 is 4.74 Å². The molecule has 6 nitrogen and oxygen atoms in total. The first kappa shape index (κ1) is 37.2. The van der Waals surface area contributed by atoms with Gasteiger partial charge in [0, 0.05) is 34.6 Å². The number of ether oxygens (including phenoxy) is 1. The van der Waals surface area contributed by atoms with E-state index in [2.05, 4.69) is 148 Å². The largest absolute Gasteiger partial charge is 2.00 e. The molecule has 4 aromatic heterocycles. The van der Waals surface area contributed by atoms with Gasteiger partial charge in [-0.1, -0.05) is 117 Å². The van der Waals surface area contributed by atoms with Crippen LogP contribution in [0.25, 0.3) is 33.8 Å². The van der Waals surface area contributed by atoms with Crippen molar-refractivity contribution < 1.29 is 25.8 Å². The molecule has 0 unspecified atom stereocenters. The van der Waals surface area contributed by atoms with Crippen molar-refractivity contribution in [2.75, 3.05) is 0 Å². The molecule has 6 aromatic rings. The van der Waals surface area contributed by atoms with Crippen LogP contribution in [0.5, 0.6) is 11.5 Å². The quantitative estimate of drug-likeness (QED) is 0.150. The number of hydrogen-bond donors (Lipinski definition) is 0. The molecule has 50 heavy (non-hydrogen) atoms. The van der Waals surface area contributed by atoms with Gasteiger partial charge in [0.15, 0.2) is 0 Å². The monoisotopic (exact) mass is 846 g/mol. The van der Waals surface area contributed by atoms with Crippen LogP contribution in [0.15, 0.2) is 66.9 Å². The average molecular weight is 847 g/mol. The third kappa shape index (κ3) is 7.23. The van der Waals surface area contributed by atoms with Crippen LogP contribution in [0, 0.1) is 26.0 Å². The zero-order valence-corrected chi connectivity index (χ0v) is 33.7. The van der Waals surface area contributed by atoms with Crippen molar-refractivity contribution in [3.63, 3.8) is 0 Å². The SMILES string of the molecule is Cc1nn(-c2[c-]c(Oc3[c-]c(-c4cc(C(C)(C)C)ccn4)n4c(C(C)C)c(C(C)C)nc4c3)cc(C(C)(C)C)c2)c(C)c1-c1ccccc1.[Pt+2]. The fourth-order valence-electron chi connectivity index (χ4n) is 6.51. The second-order valence-electron chi connectivity index (χ2n) is 15.8. The Morgan fingerprint density at radius 1 is 0.760 bits per heavy atom. The van der Waals surface area contributed by atoms with Crippen molar-refractivity contribution in [3.8, 4) is 39.7 Å². The van der Waals surface area contributed by atoms with Gasteiger partial charge >= 0.3 is 21.1 Å². The Balaban J connectivity index is 0.00000486. The van der Waals surface area contributed by atoms with Crippen LogP contribution >= 0.6 is 0 Å². The zero-order valence-electron chi connectivity index (χ0n) is 31.5. The zero-order chi connectivity index (χ0) is 35.4. The molecule has 0 aliphatic carbocycles. The van der Waals surface area contributed by atoms with Gasteiger partial charge in [0.05, 0.1) is 17.0 Å². The summed E-state index contributed by atoms with van der Waals surface area (Å²) in [6.45, 7) is 26.3. The molecule has 0 radical (unpaired) electrons. The third-order valence-corrected chi connectivity index (χ3v) is 9.15. The van der Waals surface area contributed by atoms with Gasteiger partial charge in [0.25, 0.3) is 0 Å². The van der Waals surface area contributed by atoms with E-state index in [9.17, 15) is 0 Å². The Morgan fingerprint density at radius 3 is 2.04 bits per heavy atom. The van der Waals surface area contributed by atoms with E-state index in [4.69, 9.17) is 19.8 Å². The molecular formula is C43H49N5OPt. The van der Waals surface area contributed by atoms with Crippen molar-refractivity contribution in [1.82, 2.24) is 24.1 Å². The van der Waals surface area contributed by atoms with E-state index in [1.165, 1.54) is 11.3 Å². The summed E-state index contributed by atoms with van der Waals surface area (Å²) in [7, 11) is 0. The smallest absolute Gasteiger partial charge is 0.509 e. The molecule has 0 bridgehead atoms. The fourth-order valence-corrected chi connectivity index (χ4v) is 6.51. The summed E-state index contributed by atoms with van der Waals surface area (Å²) in [6, 6.07) is 28.1. The van der Waals surface area contributed by atoms with Crippen LogP contribution in [0.2, 0.25) is 0 Å². The normalized spacial score (nSPS) is 12.2. The topological polar surface area (TPSA) is 57.2 Å². The first-order valence-corrected chi connectivity index (χ1v) is 17.4. The molecule has 262 valence electrons. The second-order valence-corrected chi connectivity index (χ2v) is 15.8. The summed E-state index contributed by atoms with van der Waals surface area (Å²) in [5.74, 6) is 1.66. The summed E-state index contributed by atoms with van der Waals surface area (Å²) >= 11 is 0. The summed E-state index contributed by atoms with van der Waals surface area (Å²) in [4.78, 5) is 10.0. The van der Waals surface area contributed by atoms with Crippen molar-refractivity contribution in [2.45, 2.75) is 106 Å². The van der Waals surface area contributed by atoms with Crippen LogP contribution in [0.3, 0.4) is 0 Å². The predicted molar refractivity (Wildman–Crippen MR) is 200 cm³/mol. The van der Waals surface area contributed by atoms with Crippen molar-refractivity contribution in [1.29, 1.82) is 0 Å². The van der Waals surface area contributed by atoms with Crippen LogP contribution in [0.4, 0.5) is 0 Å². The number of fused-ring (bicyclic) bond motifs is 1. The maximum absolute atomic E-state index is 6.74. The Hall–Kier alpha value is -4.02. The van der Waals surface area contributed by atoms with Gasteiger partial charge in [-0.15, -0.1) is 29.8 Å². The molecule has 0 aliphatic rings. The Bertz CT molecular complexity index is 2140. The fraction of sp³-hybridized carbons (Fsp3) is 0.372. The summed E-state index contributed by atoms with van der Waals surface area (Å²) in [5.41, 5.74) is 12.0. The van der Waals surface area contributed by atoms with E-state index in [1.54, 1.807) is 0 Å². The average Bonchev–Trinajstić information content (AvgIpc) is 3.57. The van der Waals surface area contributed by atoms with E-state index >= 15 is 0 Å². The second kappa shape index (κ2) is 13.9. The number of imidazole rings is 1. The molecular weight excluding hydrogens is 798 g/mol. The molecule has 0 aliphatic heterocycles. The molecule has 0 saturated heterocycles. The van der Waals surface area contributed by atoms with E-state index in [1.807, 2.05) is 23.0 Å². The number of pyridine rings is 2. The standard InChI is InChI=1S/C43H49N5O.Pt/c1-26(2)40-41(27(3)4)47-37(36-22-31(18-19-44-36)42(7,8)9)24-35(25-38(47)45-40)49-34-21-32(43(10,11)12)20-33(23-34)48-29(6)39(28(5)46-48)30-16-14-13-15-17-30;/h13-22,25-27H,1-12H3;/q-2;+2. The van der Waals surface area contributed by atoms with Crippen molar-refractivity contribution in [3.05, 3.63) is 113 Å². The Labute approximate surface area is 312 Å². The number of aromatic nitrogens is 5. The molecule has 0 saturated carbocycles. The van der Waals surface area contributed by atoms with E-state index < -0.39 is 0 Å². The number of rotatable bonds is 7.